The topological polar surface area (TPSA) is 58.4 Å². The van der Waals surface area contributed by atoms with Crippen molar-refractivity contribution in [1.29, 1.82) is 0 Å². The second kappa shape index (κ2) is 6.67. The van der Waals surface area contributed by atoms with Crippen molar-refractivity contribution in [3.05, 3.63) is 53.2 Å². The van der Waals surface area contributed by atoms with Crippen LogP contribution in [0.1, 0.15) is 46.6 Å². The maximum absolute atomic E-state index is 13.8. The summed E-state index contributed by atoms with van der Waals surface area (Å²) in [5.74, 6) is 1.04. The lowest BCUT2D eigenvalue weighted by molar-refractivity contribution is 0.0671. The summed E-state index contributed by atoms with van der Waals surface area (Å²) < 4.78 is 19.1. The fourth-order valence-corrected chi connectivity index (χ4v) is 4.35. The van der Waals surface area contributed by atoms with Crippen molar-refractivity contribution in [2.45, 2.75) is 24.8 Å². The quantitative estimate of drug-likeness (QED) is 0.892. The van der Waals surface area contributed by atoms with E-state index < -0.39 is 0 Å². The first-order valence-corrected chi connectivity index (χ1v) is 8.94. The minimum atomic E-state index is -0.269. The number of amides is 1. The molecule has 0 bridgehead atoms. The highest BCUT2D eigenvalue weighted by molar-refractivity contribution is 5.92. The number of hydrogen-bond acceptors (Lipinski definition) is 4. The Kier molecular flexibility index (Phi) is 4.49. The van der Waals surface area contributed by atoms with Gasteiger partial charge in [0.25, 0.3) is 5.91 Å². The smallest absolute Gasteiger partial charge is 0.293 e. The average molecular weight is 378 g/mol. The van der Waals surface area contributed by atoms with E-state index in [-0.39, 0.29) is 30.2 Å². The van der Waals surface area contributed by atoms with Gasteiger partial charge in [-0.25, -0.2) is 4.39 Å². The van der Waals surface area contributed by atoms with E-state index >= 15 is 0 Å². The van der Waals surface area contributed by atoms with Crippen LogP contribution in [-0.4, -0.2) is 35.6 Å². The van der Waals surface area contributed by atoms with Gasteiger partial charge in [0.1, 0.15) is 5.82 Å². The third-order valence-electron chi connectivity index (χ3n) is 5.75. The number of carbonyl (C=O) groups is 1. The summed E-state index contributed by atoms with van der Waals surface area (Å²) >= 11 is 0. The molecular weight excluding hydrogens is 357 g/mol. The fourth-order valence-electron chi connectivity index (χ4n) is 4.35. The van der Waals surface area contributed by atoms with Crippen LogP contribution in [0.3, 0.4) is 0 Å². The minimum absolute atomic E-state index is 0. The van der Waals surface area contributed by atoms with Crippen molar-refractivity contribution >= 4 is 18.3 Å². The van der Waals surface area contributed by atoms with E-state index in [9.17, 15) is 9.18 Å². The predicted molar refractivity (Wildman–Crippen MR) is 95.8 cm³/mol. The van der Waals surface area contributed by atoms with E-state index in [0.29, 0.717) is 30.1 Å². The molecule has 3 heterocycles. The first-order valence-electron chi connectivity index (χ1n) is 8.94. The average Bonchev–Trinajstić information content (AvgIpc) is 3.04. The van der Waals surface area contributed by atoms with Crippen molar-refractivity contribution in [3.8, 4) is 0 Å². The molecule has 2 aromatic rings. The van der Waals surface area contributed by atoms with Gasteiger partial charge in [-0.1, -0.05) is 17.3 Å². The Balaban J connectivity index is 0.00000168. The highest BCUT2D eigenvalue weighted by Gasteiger charge is 2.47. The summed E-state index contributed by atoms with van der Waals surface area (Å²) in [4.78, 5) is 14.9. The van der Waals surface area contributed by atoms with Gasteiger partial charge in [-0.3, -0.25) is 4.79 Å². The zero-order chi connectivity index (χ0) is 17.0. The van der Waals surface area contributed by atoms with E-state index in [0.717, 1.165) is 37.2 Å². The van der Waals surface area contributed by atoms with Crippen molar-refractivity contribution < 1.29 is 13.7 Å². The van der Waals surface area contributed by atoms with Crippen molar-refractivity contribution in [2.75, 3.05) is 19.6 Å². The number of nitrogens with one attached hydrogen (secondary N) is 1. The van der Waals surface area contributed by atoms with Crippen molar-refractivity contribution in [2.24, 2.45) is 11.8 Å². The number of fused-ring (bicyclic) bond motifs is 1. The van der Waals surface area contributed by atoms with E-state index in [2.05, 4.69) is 10.5 Å². The molecule has 1 N–H and O–H groups in total. The summed E-state index contributed by atoms with van der Waals surface area (Å²) in [6.45, 7) is 2.40. The van der Waals surface area contributed by atoms with Gasteiger partial charge >= 0.3 is 0 Å². The molecular formula is C19H21ClFN3O2. The molecule has 5 rings (SSSR count). The largest absolute Gasteiger partial charge is 0.351 e. The Morgan fingerprint density at radius 1 is 1.27 bits per heavy atom. The molecule has 1 aromatic carbocycles. The number of aromatic nitrogens is 1. The summed E-state index contributed by atoms with van der Waals surface area (Å²) in [5.41, 5.74) is 1.73. The zero-order valence-electron chi connectivity index (χ0n) is 14.2. The third kappa shape index (κ3) is 2.91. The summed E-state index contributed by atoms with van der Waals surface area (Å²) in [6, 6.07) is 8.26. The monoisotopic (exact) mass is 377 g/mol. The van der Waals surface area contributed by atoms with Gasteiger partial charge in [-0.15, -0.1) is 12.4 Å². The molecule has 3 aliphatic rings. The molecule has 2 aliphatic heterocycles. The van der Waals surface area contributed by atoms with Gasteiger partial charge < -0.3 is 14.7 Å². The Hall–Kier alpha value is -1.92. The van der Waals surface area contributed by atoms with E-state index in [1.165, 1.54) is 6.07 Å². The van der Waals surface area contributed by atoms with E-state index in [1.807, 2.05) is 11.0 Å². The van der Waals surface area contributed by atoms with Crippen LogP contribution in [0.2, 0.25) is 0 Å². The molecule has 5 nitrogen and oxygen atoms in total. The number of likely N-dealkylation sites (tertiary alicyclic amines) is 1. The van der Waals surface area contributed by atoms with Gasteiger partial charge in [0, 0.05) is 37.5 Å². The van der Waals surface area contributed by atoms with Crippen LogP contribution in [-0.2, 0) is 0 Å². The van der Waals surface area contributed by atoms with Crippen molar-refractivity contribution in [3.63, 3.8) is 0 Å². The number of carbonyl (C=O) groups excluding carboxylic acids is 1. The molecule has 0 unspecified atom stereocenters. The molecule has 138 valence electrons. The molecule has 0 radical (unpaired) electrons. The van der Waals surface area contributed by atoms with Gasteiger partial charge in [-0.2, -0.15) is 0 Å². The Morgan fingerprint density at radius 2 is 2.12 bits per heavy atom. The second-order valence-corrected chi connectivity index (χ2v) is 7.43. The minimum Gasteiger partial charge on any atom is -0.351 e. The van der Waals surface area contributed by atoms with Gasteiger partial charge in [0.2, 0.25) is 5.76 Å². The van der Waals surface area contributed by atoms with Crippen LogP contribution < -0.4 is 5.32 Å². The van der Waals surface area contributed by atoms with Crippen LogP contribution in [0.4, 0.5) is 4.39 Å². The molecule has 2 saturated heterocycles. The molecule has 1 aliphatic carbocycles. The molecule has 1 aromatic heterocycles. The predicted octanol–water partition coefficient (Wildman–Crippen LogP) is 3.15. The Morgan fingerprint density at radius 3 is 2.88 bits per heavy atom. The standard InChI is InChI=1S/C19H20FN3O2.ClH/c20-14-3-1-2-12(6-14)18-15-9-21-8-13(15)10-23(18)19(24)17-7-16(22-25-17)11-4-5-11;/h1-3,6-7,11,13,15,18,21H,4-5,8-10H2;1H/t13-,15-,18-;/m0./s1. The van der Waals surface area contributed by atoms with Crippen LogP contribution in [0.5, 0.6) is 0 Å². The Bertz CT molecular complexity index is 823. The summed E-state index contributed by atoms with van der Waals surface area (Å²) in [7, 11) is 0. The highest BCUT2D eigenvalue weighted by atomic mass is 35.5. The zero-order valence-corrected chi connectivity index (χ0v) is 15.0. The number of benzene rings is 1. The van der Waals surface area contributed by atoms with Crippen LogP contribution in [0.25, 0.3) is 0 Å². The number of hydrogen-bond donors (Lipinski definition) is 1. The Labute approximate surface area is 157 Å². The second-order valence-electron chi connectivity index (χ2n) is 7.43. The van der Waals surface area contributed by atoms with Crippen LogP contribution in [0, 0.1) is 17.7 Å². The number of halogens is 2. The maximum atomic E-state index is 13.8. The molecule has 7 heteroatoms. The molecule has 1 amide bonds. The number of nitrogens with zero attached hydrogens (tertiary/aromatic N) is 2. The highest BCUT2D eigenvalue weighted by Crippen LogP contribution is 2.44. The van der Waals surface area contributed by atoms with Crippen molar-refractivity contribution in [1.82, 2.24) is 15.4 Å². The summed E-state index contributed by atoms with van der Waals surface area (Å²) in [5, 5.41) is 7.46. The lowest BCUT2D eigenvalue weighted by Gasteiger charge is -2.27. The number of rotatable bonds is 3. The SMILES string of the molecule is Cl.O=C(c1cc(C2CC2)no1)N1C[C@@H]2CNC[C@@H]2[C@@H]1c1cccc(F)c1. The fraction of sp³-hybridized carbons (Fsp3) is 0.474. The van der Waals surface area contributed by atoms with Gasteiger partial charge in [0.05, 0.1) is 11.7 Å². The van der Waals surface area contributed by atoms with Gasteiger partial charge in [-0.05, 0) is 36.5 Å². The normalized spacial score (nSPS) is 27.3. The third-order valence-corrected chi connectivity index (χ3v) is 5.75. The first kappa shape index (κ1) is 17.5. The molecule has 26 heavy (non-hydrogen) atoms. The lowest BCUT2D eigenvalue weighted by atomic mass is 9.89. The van der Waals surface area contributed by atoms with Gasteiger partial charge in [0.15, 0.2) is 0 Å². The summed E-state index contributed by atoms with van der Waals surface area (Å²) in [6.07, 6.45) is 2.23. The lowest BCUT2D eigenvalue weighted by Crippen LogP contribution is -2.34. The van der Waals surface area contributed by atoms with E-state index in [4.69, 9.17) is 4.52 Å². The van der Waals surface area contributed by atoms with Crippen LogP contribution in [0.15, 0.2) is 34.9 Å². The molecule has 1 saturated carbocycles. The maximum Gasteiger partial charge on any atom is 0.293 e. The van der Waals surface area contributed by atoms with E-state index in [1.54, 1.807) is 18.2 Å². The first-order chi connectivity index (χ1) is 12.2. The molecule has 3 fully saturated rings. The van der Waals surface area contributed by atoms with Crippen LogP contribution >= 0.6 is 12.4 Å². The molecule has 0 spiro atoms. The molecule has 3 atom stereocenters.